The van der Waals surface area contributed by atoms with Crippen molar-refractivity contribution in [2.75, 3.05) is 13.7 Å². The molecule has 1 aliphatic heterocycles. The summed E-state index contributed by atoms with van der Waals surface area (Å²) in [7, 11) is -2.20. The van der Waals surface area contributed by atoms with Crippen molar-refractivity contribution in [3.8, 4) is 5.75 Å². The van der Waals surface area contributed by atoms with Gasteiger partial charge in [0.15, 0.2) is 0 Å². The Morgan fingerprint density at radius 3 is 2.48 bits per heavy atom. The standard InChI is InChI=1S/C18H22N2O4S/c1-12-7-8-13(18(19)21)11-20(12)25(22,23)17-10-9-16(24-2)14-5-3-4-6-15(14)17/h3-6,9-10,12-13H,7-8,11H2,1-2H3,(H2,19,21). The van der Waals surface area contributed by atoms with Gasteiger partial charge in [-0.15, -0.1) is 0 Å². The molecule has 7 heteroatoms. The molecule has 1 fully saturated rings. The van der Waals surface area contributed by atoms with Gasteiger partial charge in [0.2, 0.25) is 15.9 Å². The number of fused-ring (bicyclic) bond motifs is 1. The molecule has 1 heterocycles. The number of amides is 1. The number of ether oxygens (including phenoxy) is 1. The van der Waals surface area contributed by atoms with Gasteiger partial charge in [-0.3, -0.25) is 4.79 Å². The molecule has 6 nitrogen and oxygen atoms in total. The number of nitrogens with two attached hydrogens (primary N) is 1. The zero-order chi connectivity index (χ0) is 18.2. The molecule has 0 radical (unpaired) electrons. The third-order valence-electron chi connectivity index (χ3n) is 4.88. The van der Waals surface area contributed by atoms with Crippen LogP contribution in [0.25, 0.3) is 10.8 Å². The van der Waals surface area contributed by atoms with Crippen LogP contribution in [0, 0.1) is 5.92 Å². The predicted molar refractivity (Wildman–Crippen MR) is 95.8 cm³/mol. The van der Waals surface area contributed by atoms with Gasteiger partial charge in [0.05, 0.1) is 17.9 Å². The summed E-state index contributed by atoms with van der Waals surface area (Å²) >= 11 is 0. The highest BCUT2D eigenvalue weighted by Gasteiger charge is 2.37. The molecule has 0 saturated carbocycles. The number of rotatable bonds is 4. The summed E-state index contributed by atoms with van der Waals surface area (Å²) in [5.41, 5.74) is 5.41. The van der Waals surface area contributed by atoms with Crippen LogP contribution in [0.2, 0.25) is 0 Å². The van der Waals surface area contributed by atoms with Crippen molar-refractivity contribution in [1.29, 1.82) is 0 Å². The van der Waals surface area contributed by atoms with E-state index in [2.05, 4.69) is 0 Å². The lowest BCUT2D eigenvalue weighted by Gasteiger charge is -2.36. The second kappa shape index (κ2) is 6.65. The number of hydrogen-bond acceptors (Lipinski definition) is 4. The van der Waals surface area contributed by atoms with Crippen LogP contribution in [-0.4, -0.2) is 38.3 Å². The van der Waals surface area contributed by atoms with Gasteiger partial charge in [0.1, 0.15) is 5.75 Å². The highest BCUT2D eigenvalue weighted by molar-refractivity contribution is 7.89. The molecule has 1 aliphatic rings. The molecular formula is C18H22N2O4S. The second-order valence-electron chi connectivity index (χ2n) is 6.41. The summed E-state index contributed by atoms with van der Waals surface area (Å²) in [6.45, 7) is 1.99. The van der Waals surface area contributed by atoms with Crippen LogP contribution < -0.4 is 10.5 Å². The highest BCUT2D eigenvalue weighted by Crippen LogP contribution is 2.35. The van der Waals surface area contributed by atoms with Crippen molar-refractivity contribution < 1.29 is 17.9 Å². The number of sulfonamides is 1. The molecule has 0 spiro atoms. The van der Waals surface area contributed by atoms with Gasteiger partial charge in [0, 0.05) is 23.4 Å². The van der Waals surface area contributed by atoms with Gasteiger partial charge in [-0.2, -0.15) is 4.31 Å². The van der Waals surface area contributed by atoms with E-state index in [1.165, 1.54) is 4.31 Å². The first-order valence-electron chi connectivity index (χ1n) is 8.23. The zero-order valence-corrected chi connectivity index (χ0v) is 15.1. The van der Waals surface area contributed by atoms with Crippen molar-refractivity contribution in [1.82, 2.24) is 4.31 Å². The maximum Gasteiger partial charge on any atom is 0.243 e. The molecule has 2 aromatic carbocycles. The van der Waals surface area contributed by atoms with E-state index in [0.29, 0.717) is 24.0 Å². The topological polar surface area (TPSA) is 89.7 Å². The van der Waals surface area contributed by atoms with Crippen molar-refractivity contribution in [2.24, 2.45) is 11.7 Å². The average Bonchev–Trinajstić information content (AvgIpc) is 2.60. The largest absolute Gasteiger partial charge is 0.496 e. The summed E-state index contributed by atoms with van der Waals surface area (Å²) in [5.74, 6) is -0.279. The maximum absolute atomic E-state index is 13.3. The molecular weight excluding hydrogens is 340 g/mol. The minimum absolute atomic E-state index is 0.124. The van der Waals surface area contributed by atoms with Crippen LogP contribution in [0.3, 0.4) is 0 Å². The summed E-state index contributed by atoms with van der Waals surface area (Å²) in [6.07, 6.45) is 1.23. The first kappa shape index (κ1) is 17.7. The van der Waals surface area contributed by atoms with Gasteiger partial charge in [-0.05, 0) is 31.9 Å². The fourth-order valence-electron chi connectivity index (χ4n) is 3.42. The number of carbonyl (C=O) groups is 1. The predicted octanol–water partition coefficient (Wildman–Crippen LogP) is 2.12. The molecule has 2 atom stereocenters. The van der Waals surface area contributed by atoms with Crippen molar-refractivity contribution in [3.05, 3.63) is 36.4 Å². The van der Waals surface area contributed by atoms with Gasteiger partial charge >= 0.3 is 0 Å². The molecule has 1 saturated heterocycles. The van der Waals surface area contributed by atoms with Gasteiger partial charge in [-0.1, -0.05) is 24.3 Å². The van der Waals surface area contributed by atoms with Crippen LogP contribution in [0.1, 0.15) is 19.8 Å². The summed E-state index contributed by atoms with van der Waals surface area (Å²) < 4.78 is 33.4. The Morgan fingerprint density at radius 1 is 1.16 bits per heavy atom. The lowest BCUT2D eigenvalue weighted by atomic mass is 9.95. The number of carbonyl (C=O) groups excluding carboxylic acids is 1. The number of nitrogens with zero attached hydrogens (tertiary/aromatic N) is 1. The minimum Gasteiger partial charge on any atom is -0.496 e. The number of hydrogen-bond donors (Lipinski definition) is 1. The zero-order valence-electron chi connectivity index (χ0n) is 14.3. The Kier molecular flexibility index (Phi) is 4.71. The van der Waals surface area contributed by atoms with E-state index in [4.69, 9.17) is 10.5 Å². The molecule has 3 rings (SSSR count). The SMILES string of the molecule is COc1ccc(S(=O)(=O)N2CC(C(N)=O)CCC2C)c2ccccc12. The van der Waals surface area contributed by atoms with Crippen LogP contribution in [0.5, 0.6) is 5.75 Å². The molecule has 134 valence electrons. The first-order valence-corrected chi connectivity index (χ1v) is 9.67. The highest BCUT2D eigenvalue weighted by atomic mass is 32.2. The van der Waals surface area contributed by atoms with Gasteiger partial charge in [0.25, 0.3) is 0 Å². The van der Waals surface area contributed by atoms with E-state index >= 15 is 0 Å². The van der Waals surface area contributed by atoms with Gasteiger partial charge in [-0.25, -0.2) is 8.42 Å². The number of primary amides is 1. The molecule has 0 aliphatic carbocycles. The lowest BCUT2D eigenvalue weighted by molar-refractivity contribution is -0.123. The normalized spacial score (nSPS) is 22.0. The van der Waals surface area contributed by atoms with E-state index in [1.54, 1.807) is 31.4 Å². The quantitative estimate of drug-likeness (QED) is 0.902. The first-order chi connectivity index (χ1) is 11.9. The molecule has 25 heavy (non-hydrogen) atoms. The Bertz CT molecular complexity index is 910. The molecule has 0 aromatic heterocycles. The number of benzene rings is 2. The van der Waals surface area contributed by atoms with Crippen molar-refractivity contribution >= 4 is 26.7 Å². The third kappa shape index (κ3) is 3.09. The fourth-order valence-corrected chi connectivity index (χ4v) is 5.32. The Hall–Kier alpha value is -2.12. The average molecular weight is 362 g/mol. The van der Waals surface area contributed by atoms with E-state index in [9.17, 15) is 13.2 Å². The van der Waals surface area contributed by atoms with E-state index in [-0.39, 0.29) is 17.5 Å². The Balaban J connectivity index is 2.11. The van der Waals surface area contributed by atoms with Crippen LogP contribution >= 0.6 is 0 Å². The smallest absolute Gasteiger partial charge is 0.243 e. The van der Waals surface area contributed by atoms with Crippen LogP contribution in [-0.2, 0) is 14.8 Å². The third-order valence-corrected chi connectivity index (χ3v) is 6.92. The number of piperidine rings is 1. The lowest BCUT2D eigenvalue weighted by Crippen LogP contribution is -2.48. The summed E-state index contributed by atoms with van der Waals surface area (Å²) in [4.78, 5) is 11.8. The van der Waals surface area contributed by atoms with E-state index in [0.717, 1.165) is 5.39 Å². The van der Waals surface area contributed by atoms with Gasteiger partial charge < -0.3 is 10.5 Å². The van der Waals surface area contributed by atoms with E-state index in [1.807, 2.05) is 19.1 Å². The maximum atomic E-state index is 13.3. The van der Waals surface area contributed by atoms with Crippen molar-refractivity contribution in [2.45, 2.75) is 30.7 Å². The second-order valence-corrected chi connectivity index (χ2v) is 8.27. The monoisotopic (exact) mass is 362 g/mol. The Morgan fingerprint density at radius 2 is 1.84 bits per heavy atom. The fraction of sp³-hybridized carbons (Fsp3) is 0.389. The summed E-state index contributed by atoms with van der Waals surface area (Å²) in [6, 6.07) is 10.3. The molecule has 2 N–H and O–H groups in total. The van der Waals surface area contributed by atoms with Crippen LogP contribution in [0.4, 0.5) is 0 Å². The van der Waals surface area contributed by atoms with E-state index < -0.39 is 21.8 Å². The summed E-state index contributed by atoms with van der Waals surface area (Å²) in [5, 5.41) is 1.34. The number of methoxy groups -OCH3 is 1. The molecule has 2 unspecified atom stereocenters. The minimum atomic E-state index is -3.76. The van der Waals surface area contributed by atoms with Crippen molar-refractivity contribution in [3.63, 3.8) is 0 Å². The van der Waals surface area contributed by atoms with Crippen LogP contribution in [0.15, 0.2) is 41.3 Å². The Labute approximate surface area is 147 Å². The molecule has 1 amide bonds. The molecule has 0 bridgehead atoms. The molecule has 2 aromatic rings.